The van der Waals surface area contributed by atoms with Crippen LogP contribution in [0.15, 0.2) is 0 Å². The number of methoxy groups -OCH3 is 2. The Hall–Kier alpha value is -1.63. The van der Waals surface area contributed by atoms with E-state index in [1.165, 1.54) is 14.2 Å². The van der Waals surface area contributed by atoms with Crippen LogP contribution in [0.2, 0.25) is 0 Å². The van der Waals surface area contributed by atoms with Gasteiger partial charge < -0.3 is 14.4 Å². The van der Waals surface area contributed by atoms with Crippen LogP contribution in [0.1, 0.15) is 13.8 Å². The molecule has 0 aliphatic carbocycles. The Balaban J connectivity index is 2.10. The Morgan fingerprint density at radius 3 is 1.84 bits per heavy atom. The SMILES string of the molecule is COc1nc(OC)nc(N2CCN(C(C)C)CC2)n1. The highest BCUT2D eigenvalue weighted by atomic mass is 16.5. The highest BCUT2D eigenvalue weighted by Crippen LogP contribution is 2.18. The molecule has 0 bridgehead atoms. The number of rotatable bonds is 4. The quantitative estimate of drug-likeness (QED) is 0.783. The lowest BCUT2D eigenvalue weighted by atomic mass is 10.2. The molecule has 0 atom stereocenters. The first kappa shape index (κ1) is 13.8. The monoisotopic (exact) mass is 267 g/mol. The van der Waals surface area contributed by atoms with Crippen LogP contribution in [0.3, 0.4) is 0 Å². The zero-order valence-corrected chi connectivity index (χ0v) is 12.0. The predicted octanol–water partition coefficient (Wildman–Crippen LogP) is 0.419. The van der Waals surface area contributed by atoms with E-state index in [1.54, 1.807) is 0 Å². The number of anilines is 1. The van der Waals surface area contributed by atoms with E-state index in [2.05, 4.69) is 38.6 Å². The van der Waals surface area contributed by atoms with Gasteiger partial charge in [-0.15, -0.1) is 4.98 Å². The van der Waals surface area contributed by atoms with Crippen LogP contribution >= 0.6 is 0 Å². The first-order valence-electron chi connectivity index (χ1n) is 6.47. The Morgan fingerprint density at radius 1 is 0.895 bits per heavy atom. The van der Waals surface area contributed by atoms with Gasteiger partial charge in [-0.3, -0.25) is 4.90 Å². The molecule has 2 heterocycles. The van der Waals surface area contributed by atoms with E-state index in [-0.39, 0.29) is 12.0 Å². The summed E-state index contributed by atoms with van der Waals surface area (Å²) in [5, 5.41) is 0. The molecule has 7 heteroatoms. The summed E-state index contributed by atoms with van der Waals surface area (Å²) in [7, 11) is 3.07. The van der Waals surface area contributed by atoms with E-state index in [0.717, 1.165) is 26.2 Å². The van der Waals surface area contributed by atoms with Crippen LogP contribution in [0.4, 0.5) is 5.95 Å². The van der Waals surface area contributed by atoms with Gasteiger partial charge in [-0.2, -0.15) is 9.97 Å². The lowest BCUT2D eigenvalue weighted by Crippen LogP contribution is -2.49. The minimum Gasteiger partial charge on any atom is -0.467 e. The fourth-order valence-electron chi connectivity index (χ4n) is 2.09. The Kier molecular flexibility index (Phi) is 4.36. The second-order valence-corrected chi connectivity index (χ2v) is 4.73. The van der Waals surface area contributed by atoms with E-state index >= 15 is 0 Å². The summed E-state index contributed by atoms with van der Waals surface area (Å²) in [5.41, 5.74) is 0. The fourth-order valence-corrected chi connectivity index (χ4v) is 2.09. The van der Waals surface area contributed by atoms with Crippen LogP contribution in [0.25, 0.3) is 0 Å². The van der Waals surface area contributed by atoms with Crippen molar-refractivity contribution < 1.29 is 9.47 Å². The largest absolute Gasteiger partial charge is 0.467 e. The normalized spacial score (nSPS) is 16.8. The first-order chi connectivity index (χ1) is 9.13. The molecule has 1 saturated heterocycles. The van der Waals surface area contributed by atoms with Crippen molar-refractivity contribution in [3.05, 3.63) is 0 Å². The molecule has 19 heavy (non-hydrogen) atoms. The zero-order valence-electron chi connectivity index (χ0n) is 12.0. The molecule has 1 fully saturated rings. The fraction of sp³-hybridized carbons (Fsp3) is 0.750. The van der Waals surface area contributed by atoms with Gasteiger partial charge >= 0.3 is 12.0 Å². The smallest absolute Gasteiger partial charge is 0.324 e. The van der Waals surface area contributed by atoms with E-state index in [9.17, 15) is 0 Å². The average molecular weight is 267 g/mol. The summed E-state index contributed by atoms with van der Waals surface area (Å²) < 4.78 is 10.1. The highest BCUT2D eigenvalue weighted by molar-refractivity contribution is 5.33. The third-order valence-corrected chi connectivity index (χ3v) is 3.28. The van der Waals surface area contributed by atoms with E-state index in [0.29, 0.717) is 12.0 Å². The van der Waals surface area contributed by atoms with Gasteiger partial charge in [0, 0.05) is 32.2 Å². The molecule has 1 aromatic heterocycles. The Labute approximate surface area is 113 Å². The van der Waals surface area contributed by atoms with Gasteiger partial charge in [0.2, 0.25) is 5.95 Å². The molecule has 1 aliphatic heterocycles. The number of ether oxygens (including phenoxy) is 2. The Morgan fingerprint density at radius 2 is 1.42 bits per heavy atom. The predicted molar refractivity (Wildman–Crippen MR) is 71.9 cm³/mol. The van der Waals surface area contributed by atoms with Crippen molar-refractivity contribution in [1.29, 1.82) is 0 Å². The summed E-state index contributed by atoms with van der Waals surface area (Å²) in [6.45, 7) is 8.24. The van der Waals surface area contributed by atoms with Crippen molar-refractivity contribution in [2.45, 2.75) is 19.9 Å². The summed E-state index contributed by atoms with van der Waals surface area (Å²) in [6.07, 6.45) is 0. The number of piperazine rings is 1. The molecule has 106 valence electrons. The van der Waals surface area contributed by atoms with Crippen LogP contribution in [0, 0.1) is 0 Å². The molecule has 0 aromatic carbocycles. The van der Waals surface area contributed by atoms with Crippen molar-refractivity contribution in [3.63, 3.8) is 0 Å². The molecular formula is C12H21N5O2. The van der Waals surface area contributed by atoms with Gasteiger partial charge in [-0.05, 0) is 13.8 Å². The number of aromatic nitrogens is 3. The molecular weight excluding hydrogens is 246 g/mol. The van der Waals surface area contributed by atoms with Gasteiger partial charge in [-0.1, -0.05) is 0 Å². The molecule has 0 spiro atoms. The molecule has 0 radical (unpaired) electrons. The molecule has 0 amide bonds. The van der Waals surface area contributed by atoms with Crippen molar-refractivity contribution in [2.24, 2.45) is 0 Å². The molecule has 1 aromatic rings. The van der Waals surface area contributed by atoms with Gasteiger partial charge in [-0.25, -0.2) is 0 Å². The number of hydrogen-bond donors (Lipinski definition) is 0. The highest BCUT2D eigenvalue weighted by Gasteiger charge is 2.22. The first-order valence-corrected chi connectivity index (χ1v) is 6.47. The molecule has 0 saturated carbocycles. The van der Waals surface area contributed by atoms with Crippen molar-refractivity contribution >= 4 is 5.95 Å². The van der Waals surface area contributed by atoms with Crippen LogP contribution in [-0.2, 0) is 0 Å². The lowest BCUT2D eigenvalue weighted by molar-refractivity contribution is 0.208. The second-order valence-electron chi connectivity index (χ2n) is 4.73. The molecule has 1 aliphatic rings. The number of nitrogens with zero attached hydrogens (tertiary/aromatic N) is 5. The van der Waals surface area contributed by atoms with E-state index < -0.39 is 0 Å². The summed E-state index contributed by atoms with van der Waals surface area (Å²) in [6, 6.07) is 1.14. The van der Waals surface area contributed by atoms with Gasteiger partial charge in [0.25, 0.3) is 0 Å². The van der Waals surface area contributed by atoms with Gasteiger partial charge in [0.1, 0.15) is 0 Å². The van der Waals surface area contributed by atoms with Gasteiger partial charge in [0.15, 0.2) is 0 Å². The Bertz CT molecular complexity index is 396. The topological polar surface area (TPSA) is 63.6 Å². The molecule has 0 unspecified atom stereocenters. The number of hydrogen-bond acceptors (Lipinski definition) is 7. The van der Waals surface area contributed by atoms with Crippen LogP contribution < -0.4 is 14.4 Å². The van der Waals surface area contributed by atoms with E-state index in [1.807, 2.05) is 0 Å². The average Bonchev–Trinajstić information content (AvgIpc) is 2.46. The maximum atomic E-state index is 5.07. The maximum absolute atomic E-state index is 5.07. The molecule has 0 N–H and O–H groups in total. The molecule has 2 rings (SSSR count). The van der Waals surface area contributed by atoms with Crippen molar-refractivity contribution in [3.8, 4) is 12.0 Å². The summed E-state index contributed by atoms with van der Waals surface area (Å²) in [4.78, 5) is 17.1. The van der Waals surface area contributed by atoms with Crippen molar-refractivity contribution in [2.75, 3.05) is 45.3 Å². The zero-order chi connectivity index (χ0) is 13.8. The summed E-state index contributed by atoms with van der Waals surface area (Å²) >= 11 is 0. The third-order valence-electron chi connectivity index (χ3n) is 3.28. The maximum Gasteiger partial charge on any atom is 0.324 e. The van der Waals surface area contributed by atoms with Gasteiger partial charge in [0.05, 0.1) is 14.2 Å². The second kappa shape index (κ2) is 6.01. The minimum atomic E-state index is 0.285. The minimum absolute atomic E-state index is 0.285. The standard InChI is InChI=1S/C12H21N5O2/c1-9(2)16-5-7-17(8-6-16)10-13-11(18-3)15-12(14-10)19-4/h9H,5-8H2,1-4H3. The third kappa shape index (κ3) is 3.23. The van der Waals surface area contributed by atoms with Crippen molar-refractivity contribution in [1.82, 2.24) is 19.9 Å². The lowest BCUT2D eigenvalue weighted by Gasteiger charge is -2.36. The van der Waals surface area contributed by atoms with Crippen LogP contribution in [-0.4, -0.2) is 66.3 Å². The van der Waals surface area contributed by atoms with Crippen LogP contribution in [0.5, 0.6) is 12.0 Å². The van der Waals surface area contributed by atoms with E-state index in [4.69, 9.17) is 9.47 Å². The molecule has 7 nitrogen and oxygen atoms in total. The summed E-state index contributed by atoms with van der Waals surface area (Å²) in [5.74, 6) is 0.618.